The molecule has 0 radical (unpaired) electrons. The molecule has 1 heteroatoms. The van der Waals surface area contributed by atoms with Crippen molar-refractivity contribution in [3.05, 3.63) is 156 Å². The van der Waals surface area contributed by atoms with E-state index in [0.29, 0.717) is 11.8 Å². The molecular weight excluding hydrogens is 476 g/mol. The highest BCUT2D eigenvalue weighted by molar-refractivity contribution is 7.25. The van der Waals surface area contributed by atoms with Crippen molar-refractivity contribution in [1.29, 1.82) is 0 Å². The molecule has 0 saturated heterocycles. The second kappa shape index (κ2) is 7.43. The molecule has 3 unspecified atom stereocenters. The number of hydrogen-bond donors (Lipinski definition) is 0. The first-order chi connectivity index (χ1) is 18.8. The fourth-order valence-corrected chi connectivity index (χ4v) is 8.78. The third-order valence-corrected chi connectivity index (χ3v) is 10.3. The van der Waals surface area contributed by atoms with Gasteiger partial charge in [0.05, 0.1) is 5.41 Å². The van der Waals surface area contributed by atoms with Crippen LogP contribution in [-0.2, 0) is 5.41 Å². The summed E-state index contributed by atoms with van der Waals surface area (Å²) in [6.45, 7) is 0. The zero-order chi connectivity index (χ0) is 24.8. The first-order valence-corrected chi connectivity index (χ1v) is 14.3. The minimum atomic E-state index is -0.152. The molecule has 6 aromatic rings. The first kappa shape index (κ1) is 20.8. The van der Waals surface area contributed by atoms with Gasteiger partial charge in [-0.15, -0.1) is 11.3 Å². The minimum Gasteiger partial charge on any atom is -0.135 e. The maximum absolute atomic E-state index is 2.46. The fourth-order valence-electron chi connectivity index (χ4n) is 7.70. The van der Waals surface area contributed by atoms with E-state index in [2.05, 4.69) is 133 Å². The third-order valence-electron chi connectivity index (χ3n) is 9.18. The van der Waals surface area contributed by atoms with Crippen molar-refractivity contribution in [3.8, 4) is 22.3 Å². The molecule has 0 amide bonds. The first-order valence-electron chi connectivity index (χ1n) is 13.4. The maximum Gasteiger partial charge on any atom is 0.0537 e. The van der Waals surface area contributed by atoms with Gasteiger partial charge in [-0.05, 0) is 68.8 Å². The maximum atomic E-state index is 2.46. The van der Waals surface area contributed by atoms with Crippen LogP contribution in [0.2, 0.25) is 0 Å². The highest BCUT2D eigenvalue weighted by Crippen LogP contribution is 2.65. The summed E-state index contributed by atoms with van der Waals surface area (Å²) in [7, 11) is 0. The van der Waals surface area contributed by atoms with E-state index in [4.69, 9.17) is 0 Å². The summed E-state index contributed by atoms with van der Waals surface area (Å²) in [5, 5.41) is 2.71. The Hall–Kier alpha value is -4.20. The van der Waals surface area contributed by atoms with Crippen LogP contribution in [0.25, 0.3) is 42.4 Å². The van der Waals surface area contributed by atoms with Gasteiger partial charge in [0.1, 0.15) is 0 Å². The van der Waals surface area contributed by atoms with Crippen LogP contribution in [0.15, 0.2) is 133 Å². The van der Waals surface area contributed by atoms with E-state index in [9.17, 15) is 0 Å². The van der Waals surface area contributed by atoms with E-state index in [1.54, 1.807) is 0 Å². The Kier molecular flexibility index (Phi) is 4.07. The molecule has 0 N–H and O–H groups in total. The summed E-state index contributed by atoms with van der Waals surface area (Å²) in [6.07, 6.45) is 9.35. The molecule has 1 spiro atoms. The van der Waals surface area contributed by atoms with Crippen molar-refractivity contribution in [2.45, 2.75) is 11.3 Å². The highest BCUT2D eigenvalue weighted by Gasteiger charge is 2.56. The Balaban J connectivity index is 1.30. The Morgan fingerprint density at radius 3 is 2.21 bits per heavy atom. The average Bonchev–Trinajstić information content (AvgIpc) is 3.60. The molecule has 0 nitrogen and oxygen atoms in total. The van der Waals surface area contributed by atoms with Crippen LogP contribution in [0.5, 0.6) is 0 Å². The Bertz CT molecular complexity index is 2000. The number of fused-ring (bicyclic) bond motifs is 13. The number of rotatable bonds is 1. The normalized spacial score (nSPS) is 22.1. The topological polar surface area (TPSA) is 0 Å². The minimum absolute atomic E-state index is 0.152. The van der Waals surface area contributed by atoms with Crippen LogP contribution >= 0.6 is 11.3 Å². The van der Waals surface area contributed by atoms with Crippen molar-refractivity contribution in [1.82, 2.24) is 0 Å². The lowest BCUT2D eigenvalue weighted by atomic mass is 9.65. The second-order valence-corrected chi connectivity index (χ2v) is 11.9. The van der Waals surface area contributed by atoms with Crippen LogP contribution in [-0.4, -0.2) is 0 Å². The molecule has 3 aliphatic carbocycles. The zero-order valence-corrected chi connectivity index (χ0v) is 21.6. The molecule has 0 bridgehead atoms. The van der Waals surface area contributed by atoms with E-state index in [1.807, 2.05) is 11.3 Å². The van der Waals surface area contributed by atoms with Gasteiger partial charge in [0.2, 0.25) is 0 Å². The molecule has 0 fully saturated rings. The van der Waals surface area contributed by atoms with Crippen LogP contribution < -0.4 is 0 Å². The van der Waals surface area contributed by atoms with Crippen molar-refractivity contribution in [2.24, 2.45) is 5.92 Å². The zero-order valence-electron chi connectivity index (χ0n) is 20.8. The summed E-state index contributed by atoms with van der Waals surface area (Å²) in [5.41, 5.74) is 11.0. The van der Waals surface area contributed by atoms with Gasteiger partial charge in [-0.25, -0.2) is 0 Å². The van der Waals surface area contributed by atoms with Crippen LogP contribution in [0.4, 0.5) is 0 Å². The standard InChI is InChI=1S/C37H24S/c1-5-13-31-25(9-1)26-10-2-6-14-32(26)37(31)33-15-7-3-11-27(33)29-21-23(17-19-34(29)37)24-18-20-36-30(22-24)28-12-4-8-16-35(28)38-36/h1-22,25,31H. The van der Waals surface area contributed by atoms with Gasteiger partial charge in [0.25, 0.3) is 0 Å². The fraction of sp³-hybridized carbons (Fsp3) is 0.0811. The quantitative estimate of drug-likeness (QED) is 0.211. The Morgan fingerprint density at radius 1 is 0.526 bits per heavy atom. The van der Waals surface area contributed by atoms with Gasteiger partial charge < -0.3 is 0 Å². The molecule has 3 atom stereocenters. The van der Waals surface area contributed by atoms with Crippen molar-refractivity contribution in [2.75, 3.05) is 0 Å². The number of thiophene rings is 1. The molecule has 9 rings (SSSR count). The Labute approximate surface area is 226 Å². The lowest BCUT2D eigenvalue weighted by Gasteiger charge is -2.36. The molecule has 178 valence electrons. The molecule has 0 saturated carbocycles. The van der Waals surface area contributed by atoms with Crippen LogP contribution in [0, 0.1) is 5.92 Å². The molecule has 1 heterocycles. The molecule has 1 aromatic heterocycles. The lowest BCUT2D eigenvalue weighted by molar-refractivity contribution is 0.465. The van der Waals surface area contributed by atoms with Gasteiger partial charge in [-0.1, -0.05) is 109 Å². The van der Waals surface area contributed by atoms with Gasteiger partial charge in [0, 0.05) is 32.0 Å². The SMILES string of the molecule is C1=CC2c3ccccc3C3(c4ccccc4-c4cc(-c5ccc6sc7ccccc7c6c5)ccc43)C2C=C1. The van der Waals surface area contributed by atoms with E-state index in [0.717, 1.165) is 0 Å². The van der Waals surface area contributed by atoms with E-state index in [-0.39, 0.29) is 5.41 Å². The smallest absolute Gasteiger partial charge is 0.0537 e. The molecular formula is C37H24S. The molecule has 38 heavy (non-hydrogen) atoms. The van der Waals surface area contributed by atoms with Crippen LogP contribution in [0.3, 0.4) is 0 Å². The third kappa shape index (κ3) is 2.50. The number of allylic oxidation sites excluding steroid dienone is 4. The van der Waals surface area contributed by atoms with Crippen molar-refractivity contribution in [3.63, 3.8) is 0 Å². The lowest BCUT2D eigenvalue weighted by Crippen LogP contribution is -2.32. The summed E-state index contributed by atoms with van der Waals surface area (Å²) < 4.78 is 2.71. The summed E-state index contributed by atoms with van der Waals surface area (Å²) in [5.74, 6) is 0.788. The predicted octanol–water partition coefficient (Wildman–Crippen LogP) is 9.88. The van der Waals surface area contributed by atoms with Crippen LogP contribution in [0.1, 0.15) is 28.2 Å². The van der Waals surface area contributed by atoms with Gasteiger partial charge in [0.15, 0.2) is 0 Å². The number of benzene rings is 5. The van der Waals surface area contributed by atoms with Crippen molar-refractivity contribution < 1.29 is 0 Å². The number of hydrogen-bond acceptors (Lipinski definition) is 1. The van der Waals surface area contributed by atoms with Crippen molar-refractivity contribution >= 4 is 31.5 Å². The predicted molar refractivity (Wildman–Crippen MR) is 161 cm³/mol. The van der Waals surface area contributed by atoms with Gasteiger partial charge in [-0.2, -0.15) is 0 Å². The molecule has 0 aliphatic heterocycles. The molecule has 3 aliphatic rings. The summed E-state index contributed by atoms with van der Waals surface area (Å²) >= 11 is 1.88. The summed E-state index contributed by atoms with van der Waals surface area (Å²) in [4.78, 5) is 0. The summed E-state index contributed by atoms with van der Waals surface area (Å²) in [6, 6.07) is 41.3. The Morgan fingerprint density at radius 2 is 1.24 bits per heavy atom. The highest BCUT2D eigenvalue weighted by atomic mass is 32.1. The van der Waals surface area contributed by atoms with E-state index in [1.165, 1.54) is 64.7 Å². The second-order valence-electron chi connectivity index (χ2n) is 10.8. The van der Waals surface area contributed by atoms with E-state index >= 15 is 0 Å². The van der Waals surface area contributed by atoms with Gasteiger partial charge in [-0.3, -0.25) is 0 Å². The molecule has 5 aromatic carbocycles. The monoisotopic (exact) mass is 500 g/mol. The van der Waals surface area contributed by atoms with Gasteiger partial charge >= 0.3 is 0 Å². The average molecular weight is 501 g/mol. The largest absolute Gasteiger partial charge is 0.135 e. The van der Waals surface area contributed by atoms with E-state index < -0.39 is 0 Å².